The molecular formula is C18H26N2O2. The molecule has 0 aromatic heterocycles. The van der Waals surface area contributed by atoms with Gasteiger partial charge in [0.05, 0.1) is 5.60 Å². The Morgan fingerprint density at radius 3 is 2.41 bits per heavy atom. The fourth-order valence-electron chi connectivity index (χ4n) is 3.73. The van der Waals surface area contributed by atoms with Crippen LogP contribution in [0.25, 0.3) is 0 Å². The third-order valence-corrected chi connectivity index (χ3v) is 5.09. The number of fused-ring (bicyclic) bond motifs is 1. The van der Waals surface area contributed by atoms with E-state index >= 15 is 0 Å². The van der Waals surface area contributed by atoms with Gasteiger partial charge in [-0.3, -0.25) is 0 Å². The molecule has 1 saturated carbocycles. The van der Waals surface area contributed by atoms with Crippen molar-refractivity contribution in [3.63, 3.8) is 0 Å². The van der Waals surface area contributed by atoms with Crippen LogP contribution in [0, 0.1) is 0 Å². The molecule has 0 unspecified atom stereocenters. The minimum absolute atomic E-state index is 0.0562. The highest BCUT2D eigenvalue weighted by Gasteiger charge is 2.37. The quantitative estimate of drug-likeness (QED) is 0.898. The Labute approximate surface area is 132 Å². The first-order valence-electron chi connectivity index (χ1n) is 8.37. The van der Waals surface area contributed by atoms with E-state index in [1.165, 1.54) is 30.4 Å². The summed E-state index contributed by atoms with van der Waals surface area (Å²) in [5.41, 5.74) is 2.37. The van der Waals surface area contributed by atoms with E-state index in [4.69, 9.17) is 4.74 Å². The van der Waals surface area contributed by atoms with Crippen LogP contribution in [0.4, 0.5) is 4.79 Å². The van der Waals surface area contributed by atoms with Gasteiger partial charge in [-0.25, -0.2) is 4.79 Å². The highest BCUT2D eigenvalue weighted by Crippen LogP contribution is 2.32. The number of urea groups is 1. The third-order valence-electron chi connectivity index (χ3n) is 5.09. The number of ether oxygens (including phenoxy) is 1. The van der Waals surface area contributed by atoms with E-state index in [1.807, 2.05) is 0 Å². The van der Waals surface area contributed by atoms with Crippen LogP contribution in [0.1, 0.15) is 43.2 Å². The lowest BCUT2D eigenvalue weighted by Gasteiger charge is -2.29. The Bertz CT molecular complexity index is 499. The van der Waals surface area contributed by atoms with Gasteiger partial charge in [-0.15, -0.1) is 0 Å². The molecule has 1 fully saturated rings. The predicted molar refractivity (Wildman–Crippen MR) is 87.0 cm³/mol. The molecule has 22 heavy (non-hydrogen) atoms. The van der Waals surface area contributed by atoms with Gasteiger partial charge in [-0.05, 0) is 24.0 Å². The summed E-state index contributed by atoms with van der Waals surface area (Å²) < 4.78 is 5.78. The van der Waals surface area contributed by atoms with Gasteiger partial charge in [-0.1, -0.05) is 43.5 Å². The van der Waals surface area contributed by atoms with Crippen LogP contribution in [0.3, 0.4) is 0 Å². The van der Waals surface area contributed by atoms with Crippen molar-refractivity contribution < 1.29 is 9.53 Å². The molecule has 2 N–H and O–H groups in total. The molecule has 3 rings (SSSR count). The standard InChI is InChI=1S/C18H26N2O2/c1-22-18(11-14-7-5-6-8-15(14)12-18)13-19-17(21)20-16-9-3-2-4-10-16/h5-8,16H,2-4,9-13H2,1H3,(H2,19,20,21). The molecule has 0 aliphatic heterocycles. The number of benzene rings is 1. The number of amides is 2. The number of nitrogens with one attached hydrogen (secondary N) is 2. The van der Waals surface area contributed by atoms with Gasteiger partial charge in [0.2, 0.25) is 0 Å². The highest BCUT2D eigenvalue weighted by atomic mass is 16.5. The van der Waals surface area contributed by atoms with Crippen molar-refractivity contribution in [2.75, 3.05) is 13.7 Å². The van der Waals surface area contributed by atoms with Crippen LogP contribution in [0.15, 0.2) is 24.3 Å². The van der Waals surface area contributed by atoms with Gasteiger partial charge < -0.3 is 15.4 Å². The molecule has 4 nitrogen and oxygen atoms in total. The van der Waals surface area contributed by atoms with Crippen molar-refractivity contribution >= 4 is 6.03 Å². The van der Waals surface area contributed by atoms with E-state index in [-0.39, 0.29) is 11.6 Å². The van der Waals surface area contributed by atoms with Crippen molar-refractivity contribution in [1.29, 1.82) is 0 Å². The maximum atomic E-state index is 12.1. The van der Waals surface area contributed by atoms with Gasteiger partial charge in [0.15, 0.2) is 0 Å². The van der Waals surface area contributed by atoms with E-state index in [1.54, 1.807) is 7.11 Å². The monoisotopic (exact) mass is 302 g/mol. The zero-order chi connectivity index (χ0) is 15.4. The number of rotatable bonds is 4. The number of carbonyl (C=O) groups is 1. The van der Waals surface area contributed by atoms with Gasteiger partial charge >= 0.3 is 6.03 Å². The van der Waals surface area contributed by atoms with Crippen molar-refractivity contribution in [2.24, 2.45) is 0 Å². The summed E-state index contributed by atoms with van der Waals surface area (Å²) in [7, 11) is 1.74. The van der Waals surface area contributed by atoms with Gasteiger partial charge in [0.25, 0.3) is 0 Å². The van der Waals surface area contributed by atoms with E-state index in [0.29, 0.717) is 12.6 Å². The summed E-state index contributed by atoms with van der Waals surface area (Å²) in [5, 5.41) is 6.12. The molecule has 4 heteroatoms. The van der Waals surface area contributed by atoms with Crippen molar-refractivity contribution in [3.05, 3.63) is 35.4 Å². The first kappa shape index (κ1) is 15.3. The van der Waals surface area contributed by atoms with E-state index in [0.717, 1.165) is 25.7 Å². The summed E-state index contributed by atoms with van der Waals surface area (Å²) in [6.45, 7) is 0.552. The fraction of sp³-hybridized carbons (Fsp3) is 0.611. The van der Waals surface area contributed by atoms with Crippen LogP contribution >= 0.6 is 0 Å². The average Bonchev–Trinajstić information content (AvgIpc) is 2.93. The largest absolute Gasteiger partial charge is 0.376 e. The number of methoxy groups -OCH3 is 1. The van der Waals surface area contributed by atoms with Crippen LogP contribution in [-0.2, 0) is 17.6 Å². The van der Waals surface area contributed by atoms with Crippen molar-refractivity contribution in [2.45, 2.75) is 56.6 Å². The first-order valence-corrected chi connectivity index (χ1v) is 8.37. The zero-order valence-corrected chi connectivity index (χ0v) is 13.4. The smallest absolute Gasteiger partial charge is 0.315 e. The third kappa shape index (κ3) is 3.43. The number of hydrogen-bond donors (Lipinski definition) is 2. The minimum atomic E-state index is -0.298. The molecule has 2 aliphatic rings. The summed E-state index contributed by atoms with van der Waals surface area (Å²) in [6, 6.07) is 8.71. The molecule has 2 aliphatic carbocycles. The minimum Gasteiger partial charge on any atom is -0.376 e. The molecule has 0 bridgehead atoms. The lowest BCUT2D eigenvalue weighted by molar-refractivity contribution is 0.00168. The van der Waals surface area contributed by atoms with E-state index in [9.17, 15) is 4.79 Å². The maximum Gasteiger partial charge on any atom is 0.315 e. The molecule has 1 aromatic rings. The zero-order valence-electron chi connectivity index (χ0n) is 13.4. The van der Waals surface area contributed by atoms with Gasteiger partial charge in [0.1, 0.15) is 0 Å². The van der Waals surface area contributed by atoms with Crippen molar-refractivity contribution in [1.82, 2.24) is 10.6 Å². The first-order chi connectivity index (χ1) is 10.7. The lowest BCUT2D eigenvalue weighted by Crippen LogP contribution is -2.50. The van der Waals surface area contributed by atoms with E-state index < -0.39 is 0 Å². The molecule has 1 aromatic carbocycles. The average molecular weight is 302 g/mol. The number of hydrogen-bond acceptors (Lipinski definition) is 2. The summed E-state index contributed by atoms with van der Waals surface area (Å²) in [6.07, 6.45) is 7.69. The molecule has 0 saturated heterocycles. The van der Waals surface area contributed by atoms with Gasteiger partial charge in [0, 0.05) is 32.5 Å². The second-order valence-electron chi connectivity index (χ2n) is 6.67. The summed E-state index contributed by atoms with van der Waals surface area (Å²) >= 11 is 0. The van der Waals surface area contributed by atoms with Crippen LogP contribution in [-0.4, -0.2) is 31.3 Å². The Hall–Kier alpha value is -1.55. The predicted octanol–water partition coefficient (Wildman–Crippen LogP) is 2.80. The van der Waals surface area contributed by atoms with Crippen LogP contribution < -0.4 is 10.6 Å². The highest BCUT2D eigenvalue weighted by molar-refractivity contribution is 5.74. The topological polar surface area (TPSA) is 50.4 Å². The summed E-state index contributed by atoms with van der Waals surface area (Å²) in [4.78, 5) is 12.1. The molecule has 2 amide bonds. The second-order valence-corrected chi connectivity index (χ2v) is 6.67. The molecule has 0 atom stereocenters. The van der Waals surface area contributed by atoms with Crippen LogP contribution in [0.5, 0.6) is 0 Å². The number of carbonyl (C=O) groups excluding carboxylic acids is 1. The van der Waals surface area contributed by atoms with Crippen LogP contribution in [0.2, 0.25) is 0 Å². The molecule has 0 heterocycles. The Morgan fingerprint density at radius 2 is 1.82 bits per heavy atom. The molecule has 0 radical (unpaired) electrons. The molecule has 0 spiro atoms. The second kappa shape index (κ2) is 6.69. The summed E-state index contributed by atoms with van der Waals surface area (Å²) in [5.74, 6) is 0. The SMILES string of the molecule is COC1(CNC(=O)NC2CCCCC2)Cc2ccccc2C1. The normalized spacial score (nSPS) is 20.4. The van der Waals surface area contributed by atoms with E-state index in [2.05, 4.69) is 34.9 Å². The van der Waals surface area contributed by atoms with Gasteiger partial charge in [-0.2, -0.15) is 0 Å². The molecular weight excluding hydrogens is 276 g/mol. The Kier molecular flexibility index (Phi) is 4.67. The Morgan fingerprint density at radius 1 is 1.18 bits per heavy atom. The van der Waals surface area contributed by atoms with Crippen molar-refractivity contribution in [3.8, 4) is 0 Å². The lowest BCUT2D eigenvalue weighted by atomic mass is 9.96. The Balaban J connectivity index is 1.52. The maximum absolute atomic E-state index is 12.1. The molecule has 120 valence electrons. The fourth-order valence-corrected chi connectivity index (χ4v) is 3.73.